The molecule has 7 nitrogen and oxygen atoms in total. The van der Waals surface area contributed by atoms with Gasteiger partial charge in [-0.3, -0.25) is 10.1 Å². The van der Waals surface area contributed by atoms with Crippen LogP contribution in [-0.4, -0.2) is 19.9 Å². The molecule has 0 fully saturated rings. The molecular weight excluding hydrogens is 290 g/mol. The fourth-order valence-corrected chi connectivity index (χ4v) is 2.41. The number of nitrogens with zero attached hydrogens (tertiary/aromatic N) is 4. The second kappa shape index (κ2) is 5.06. The van der Waals surface area contributed by atoms with Gasteiger partial charge in [0.25, 0.3) is 0 Å². The maximum Gasteiger partial charge on any atom is 0.348 e. The highest BCUT2D eigenvalue weighted by molar-refractivity contribution is 7.09. The topological polar surface area (TPSA) is 93.8 Å². The first-order valence-corrected chi connectivity index (χ1v) is 6.50. The van der Waals surface area contributed by atoms with E-state index in [1.807, 2.05) is 19.2 Å². The SMILES string of the molecule is CC(C)(Nc1ncnc(Cl)c1[N+](=O)[O-])c1nccs1. The highest BCUT2D eigenvalue weighted by Crippen LogP contribution is 2.33. The van der Waals surface area contributed by atoms with Crippen LogP contribution in [0.5, 0.6) is 0 Å². The summed E-state index contributed by atoms with van der Waals surface area (Å²) in [5.74, 6) is 0.0743. The van der Waals surface area contributed by atoms with E-state index in [4.69, 9.17) is 11.6 Å². The monoisotopic (exact) mass is 299 g/mol. The largest absolute Gasteiger partial charge is 0.353 e. The maximum atomic E-state index is 11.0. The van der Waals surface area contributed by atoms with Gasteiger partial charge in [-0.25, -0.2) is 15.0 Å². The molecule has 2 aromatic rings. The van der Waals surface area contributed by atoms with Crippen molar-refractivity contribution < 1.29 is 4.92 Å². The lowest BCUT2D eigenvalue weighted by atomic mass is 10.1. The molecule has 0 bridgehead atoms. The van der Waals surface area contributed by atoms with E-state index in [0.29, 0.717) is 0 Å². The molecule has 19 heavy (non-hydrogen) atoms. The number of nitrogens with one attached hydrogen (secondary N) is 1. The molecule has 100 valence electrons. The van der Waals surface area contributed by atoms with Gasteiger partial charge in [0, 0.05) is 11.6 Å². The molecule has 0 saturated carbocycles. The molecule has 1 N–H and O–H groups in total. The lowest BCUT2D eigenvalue weighted by Crippen LogP contribution is -2.28. The van der Waals surface area contributed by atoms with Gasteiger partial charge in [0.1, 0.15) is 11.3 Å². The van der Waals surface area contributed by atoms with E-state index < -0.39 is 10.5 Å². The van der Waals surface area contributed by atoms with Crippen LogP contribution < -0.4 is 5.32 Å². The summed E-state index contributed by atoms with van der Waals surface area (Å²) in [5, 5.41) is 16.4. The molecule has 0 spiro atoms. The van der Waals surface area contributed by atoms with Crippen molar-refractivity contribution in [2.24, 2.45) is 0 Å². The van der Waals surface area contributed by atoms with E-state index >= 15 is 0 Å². The van der Waals surface area contributed by atoms with E-state index in [1.165, 1.54) is 17.7 Å². The Morgan fingerprint density at radius 1 is 1.42 bits per heavy atom. The summed E-state index contributed by atoms with van der Waals surface area (Å²) in [5.41, 5.74) is -0.940. The summed E-state index contributed by atoms with van der Waals surface area (Å²) in [7, 11) is 0. The maximum absolute atomic E-state index is 11.0. The Balaban J connectivity index is 2.39. The molecule has 0 radical (unpaired) electrons. The van der Waals surface area contributed by atoms with Crippen LogP contribution in [-0.2, 0) is 5.54 Å². The van der Waals surface area contributed by atoms with Crippen LogP contribution in [0.3, 0.4) is 0 Å². The first kappa shape index (κ1) is 13.6. The third kappa shape index (κ3) is 2.79. The minimum atomic E-state index is -0.609. The molecule has 0 atom stereocenters. The molecular formula is C10H10ClN5O2S. The number of hydrogen-bond acceptors (Lipinski definition) is 7. The Morgan fingerprint density at radius 3 is 2.74 bits per heavy atom. The summed E-state index contributed by atoms with van der Waals surface area (Å²) < 4.78 is 0. The summed E-state index contributed by atoms with van der Waals surface area (Å²) in [6.45, 7) is 3.71. The smallest absolute Gasteiger partial charge is 0.348 e. The Labute approximate surface area is 117 Å². The second-order valence-electron chi connectivity index (χ2n) is 4.21. The van der Waals surface area contributed by atoms with Crippen molar-refractivity contribution in [1.82, 2.24) is 15.0 Å². The fourth-order valence-electron chi connectivity index (χ4n) is 1.49. The van der Waals surface area contributed by atoms with Crippen LogP contribution in [0.15, 0.2) is 17.9 Å². The summed E-state index contributed by atoms with van der Waals surface area (Å²) in [4.78, 5) is 22.1. The number of halogens is 1. The molecule has 9 heteroatoms. The first-order valence-electron chi connectivity index (χ1n) is 5.25. The van der Waals surface area contributed by atoms with Gasteiger partial charge < -0.3 is 5.32 Å². The van der Waals surface area contributed by atoms with Gasteiger partial charge in [0.15, 0.2) is 0 Å². The quantitative estimate of drug-likeness (QED) is 0.530. The Morgan fingerprint density at radius 2 is 2.16 bits per heavy atom. The lowest BCUT2D eigenvalue weighted by Gasteiger charge is -2.24. The predicted molar refractivity (Wildman–Crippen MR) is 72.5 cm³/mol. The second-order valence-corrected chi connectivity index (χ2v) is 5.46. The molecule has 0 aliphatic rings. The van der Waals surface area contributed by atoms with Crippen molar-refractivity contribution >= 4 is 34.4 Å². The van der Waals surface area contributed by atoms with Crippen LogP contribution in [0, 0.1) is 10.1 Å². The summed E-state index contributed by atoms with van der Waals surface area (Å²) in [6, 6.07) is 0. The van der Waals surface area contributed by atoms with Crippen molar-refractivity contribution in [1.29, 1.82) is 0 Å². The Bertz CT molecular complexity index is 602. The van der Waals surface area contributed by atoms with E-state index in [2.05, 4.69) is 20.3 Å². The molecule has 2 heterocycles. The molecule has 2 aromatic heterocycles. The molecule has 0 aliphatic heterocycles. The molecule has 2 rings (SSSR count). The van der Waals surface area contributed by atoms with Crippen molar-refractivity contribution in [3.63, 3.8) is 0 Å². The summed E-state index contributed by atoms with van der Waals surface area (Å²) in [6.07, 6.45) is 2.85. The van der Waals surface area contributed by atoms with Gasteiger partial charge in [-0.1, -0.05) is 11.6 Å². The van der Waals surface area contributed by atoms with E-state index in [9.17, 15) is 10.1 Å². The third-order valence-corrected chi connectivity index (χ3v) is 3.73. The van der Waals surface area contributed by atoms with Crippen molar-refractivity contribution in [2.75, 3.05) is 5.32 Å². The number of hydrogen-bond donors (Lipinski definition) is 1. The van der Waals surface area contributed by atoms with Gasteiger partial charge >= 0.3 is 5.69 Å². The third-order valence-electron chi connectivity index (χ3n) is 2.36. The Kier molecular flexibility index (Phi) is 3.63. The van der Waals surface area contributed by atoms with Crippen LogP contribution in [0.2, 0.25) is 5.15 Å². The van der Waals surface area contributed by atoms with E-state index in [-0.39, 0.29) is 16.7 Å². The van der Waals surface area contributed by atoms with Gasteiger partial charge in [-0.15, -0.1) is 11.3 Å². The van der Waals surface area contributed by atoms with Crippen LogP contribution in [0.1, 0.15) is 18.9 Å². The average molecular weight is 300 g/mol. The van der Waals surface area contributed by atoms with Gasteiger partial charge in [-0.2, -0.15) is 0 Å². The average Bonchev–Trinajstić information content (AvgIpc) is 2.81. The molecule has 0 aliphatic carbocycles. The van der Waals surface area contributed by atoms with Crippen molar-refractivity contribution in [3.8, 4) is 0 Å². The first-order chi connectivity index (χ1) is 8.92. The van der Waals surface area contributed by atoms with Gasteiger partial charge in [0.05, 0.1) is 10.5 Å². The highest BCUT2D eigenvalue weighted by Gasteiger charge is 2.29. The zero-order valence-corrected chi connectivity index (χ0v) is 11.7. The van der Waals surface area contributed by atoms with E-state index in [0.717, 1.165) is 5.01 Å². The molecule has 0 amide bonds. The van der Waals surface area contributed by atoms with Gasteiger partial charge in [0.2, 0.25) is 11.0 Å². The number of anilines is 1. The van der Waals surface area contributed by atoms with Gasteiger partial charge in [-0.05, 0) is 13.8 Å². The number of rotatable bonds is 4. The highest BCUT2D eigenvalue weighted by atomic mass is 35.5. The molecule has 0 saturated heterocycles. The van der Waals surface area contributed by atoms with Crippen LogP contribution in [0.4, 0.5) is 11.5 Å². The van der Waals surface area contributed by atoms with Crippen LogP contribution >= 0.6 is 22.9 Å². The number of thiazole rings is 1. The van der Waals surface area contributed by atoms with Crippen molar-refractivity contribution in [2.45, 2.75) is 19.4 Å². The predicted octanol–water partition coefficient (Wildman–Crippen LogP) is 2.84. The minimum Gasteiger partial charge on any atom is -0.353 e. The molecule has 0 unspecified atom stereocenters. The fraction of sp³-hybridized carbons (Fsp3) is 0.300. The number of aromatic nitrogens is 3. The van der Waals surface area contributed by atoms with E-state index in [1.54, 1.807) is 6.20 Å². The summed E-state index contributed by atoms with van der Waals surface area (Å²) >= 11 is 7.18. The Hall–Kier alpha value is -1.80. The number of nitro groups is 1. The zero-order chi connectivity index (χ0) is 14.0. The molecule has 0 aromatic carbocycles. The normalized spacial score (nSPS) is 11.3. The van der Waals surface area contributed by atoms with Crippen LogP contribution in [0.25, 0.3) is 0 Å². The zero-order valence-electron chi connectivity index (χ0n) is 10.1. The lowest BCUT2D eigenvalue weighted by molar-refractivity contribution is -0.384. The van der Waals surface area contributed by atoms with Crippen molar-refractivity contribution in [3.05, 3.63) is 38.2 Å². The minimum absolute atomic E-state index is 0.0743. The standard InChI is InChI=1S/C10H10ClN5O2S/c1-10(2,9-12-3-4-19-9)15-8-6(16(17)18)7(11)13-5-14-8/h3-5H,1-2H3,(H,13,14,15).